The Bertz CT molecular complexity index is 467. The summed E-state index contributed by atoms with van der Waals surface area (Å²) in [5, 5.41) is 3.04. The van der Waals surface area contributed by atoms with Crippen molar-refractivity contribution in [3.05, 3.63) is 35.4 Å². The van der Waals surface area contributed by atoms with Gasteiger partial charge in [-0.3, -0.25) is 4.90 Å². The van der Waals surface area contributed by atoms with E-state index in [-0.39, 0.29) is 12.1 Å². The van der Waals surface area contributed by atoms with Crippen LogP contribution in [0.1, 0.15) is 31.4 Å². The number of carbonyl (C=O) groups is 1. The van der Waals surface area contributed by atoms with E-state index in [1.807, 2.05) is 11.8 Å². The topological polar surface area (TPSA) is 35.6 Å². The van der Waals surface area contributed by atoms with Gasteiger partial charge in [0.15, 0.2) is 0 Å². The molecule has 1 aromatic carbocycles. The highest BCUT2D eigenvalue weighted by Gasteiger charge is 2.21. The molecule has 116 valence electrons. The maximum atomic E-state index is 12.1. The molecule has 1 heterocycles. The Hall–Kier alpha value is -1.55. The van der Waals surface area contributed by atoms with Crippen LogP contribution in [0.5, 0.6) is 0 Å². The quantitative estimate of drug-likeness (QED) is 0.925. The van der Waals surface area contributed by atoms with Crippen LogP contribution in [0.3, 0.4) is 0 Å². The lowest BCUT2D eigenvalue weighted by atomic mass is 10.1. The molecule has 4 nitrogen and oxygen atoms in total. The Labute approximate surface area is 128 Å². The van der Waals surface area contributed by atoms with E-state index in [0.717, 1.165) is 39.1 Å². The van der Waals surface area contributed by atoms with Crippen LogP contribution in [0.25, 0.3) is 0 Å². The van der Waals surface area contributed by atoms with Crippen LogP contribution in [-0.4, -0.2) is 48.1 Å². The number of rotatable bonds is 4. The van der Waals surface area contributed by atoms with Crippen LogP contribution in [0.4, 0.5) is 4.79 Å². The number of nitrogens with zero attached hydrogens (tertiary/aromatic N) is 2. The zero-order chi connectivity index (χ0) is 15.2. The van der Waals surface area contributed by atoms with E-state index < -0.39 is 0 Å². The molecule has 1 N–H and O–H groups in total. The average Bonchev–Trinajstić information content (AvgIpc) is 2.47. The minimum Gasteiger partial charge on any atom is -0.336 e. The largest absolute Gasteiger partial charge is 0.336 e. The van der Waals surface area contributed by atoms with E-state index in [1.165, 1.54) is 11.1 Å². The van der Waals surface area contributed by atoms with Crippen LogP contribution in [0.15, 0.2) is 24.3 Å². The van der Waals surface area contributed by atoms with Gasteiger partial charge in [-0.15, -0.1) is 0 Å². The molecule has 1 aromatic rings. The SMILES string of the molecule is CCC(C)NC(=O)N1CCN(Cc2cccc(C)c2)CC1. The summed E-state index contributed by atoms with van der Waals surface area (Å²) in [6, 6.07) is 8.99. The Morgan fingerprint density at radius 3 is 2.62 bits per heavy atom. The maximum absolute atomic E-state index is 12.1. The molecule has 4 heteroatoms. The number of piperazine rings is 1. The van der Waals surface area contributed by atoms with Gasteiger partial charge in [0.25, 0.3) is 0 Å². The average molecular weight is 289 g/mol. The van der Waals surface area contributed by atoms with Gasteiger partial charge in [0.2, 0.25) is 0 Å². The second-order valence-electron chi connectivity index (χ2n) is 6.01. The highest BCUT2D eigenvalue weighted by atomic mass is 16.2. The first-order chi connectivity index (χ1) is 10.1. The Morgan fingerprint density at radius 2 is 2.00 bits per heavy atom. The minimum atomic E-state index is 0.0829. The van der Waals surface area contributed by atoms with Crippen molar-refractivity contribution in [1.82, 2.24) is 15.1 Å². The predicted molar refractivity (Wildman–Crippen MR) is 86.3 cm³/mol. The summed E-state index contributed by atoms with van der Waals surface area (Å²) in [5.41, 5.74) is 2.66. The van der Waals surface area contributed by atoms with Gasteiger partial charge in [-0.1, -0.05) is 36.8 Å². The number of hydrogen-bond donors (Lipinski definition) is 1. The number of nitrogens with one attached hydrogen (secondary N) is 1. The van der Waals surface area contributed by atoms with Gasteiger partial charge in [-0.25, -0.2) is 4.79 Å². The zero-order valence-corrected chi connectivity index (χ0v) is 13.4. The fourth-order valence-corrected chi connectivity index (χ4v) is 2.58. The van der Waals surface area contributed by atoms with Crippen molar-refractivity contribution in [3.8, 4) is 0 Å². The van der Waals surface area contributed by atoms with Crippen molar-refractivity contribution in [2.45, 2.75) is 39.8 Å². The molecule has 0 bridgehead atoms. The first kappa shape index (κ1) is 15.8. The van der Waals surface area contributed by atoms with Gasteiger partial charge in [0.1, 0.15) is 0 Å². The second kappa shape index (κ2) is 7.46. The highest BCUT2D eigenvalue weighted by Crippen LogP contribution is 2.10. The van der Waals surface area contributed by atoms with Crippen molar-refractivity contribution in [3.63, 3.8) is 0 Å². The summed E-state index contributed by atoms with van der Waals surface area (Å²) in [4.78, 5) is 16.4. The monoisotopic (exact) mass is 289 g/mol. The van der Waals surface area contributed by atoms with Crippen molar-refractivity contribution in [2.75, 3.05) is 26.2 Å². The molecule has 1 aliphatic heterocycles. The molecule has 0 aromatic heterocycles. The number of hydrogen-bond acceptors (Lipinski definition) is 2. The molecule has 2 amide bonds. The molecule has 1 saturated heterocycles. The minimum absolute atomic E-state index is 0.0829. The number of amides is 2. The lowest BCUT2D eigenvalue weighted by molar-refractivity contribution is 0.133. The molecule has 1 atom stereocenters. The second-order valence-corrected chi connectivity index (χ2v) is 6.01. The predicted octanol–water partition coefficient (Wildman–Crippen LogP) is 2.62. The molecular formula is C17H27N3O. The van der Waals surface area contributed by atoms with Crippen LogP contribution in [0, 0.1) is 6.92 Å². The third kappa shape index (κ3) is 4.74. The van der Waals surface area contributed by atoms with E-state index in [1.54, 1.807) is 0 Å². The molecule has 0 saturated carbocycles. The summed E-state index contributed by atoms with van der Waals surface area (Å²) in [6.07, 6.45) is 0.971. The molecule has 0 radical (unpaired) electrons. The Balaban J connectivity index is 1.79. The molecule has 1 fully saturated rings. The number of benzene rings is 1. The summed E-state index contributed by atoms with van der Waals surface area (Å²) in [6.45, 7) is 10.8. The lowest BCUT2D eigenvalue weighted by Crippen LogP contribution is -2.52. The fourth-order valence-electron chi connectivity index (χ4n) is 2.58. The first-order valence-electron chi connectivity index (χ1n) is 7.92. The zero-order valence-electron chi connectivity index (χ0n) is 13.4. The standard InChI is InChI=1S/C17H27N3O/c1-4-15(3)18-17(21)20-10-8-19(9-11-20)13-16-7-5-6-14(2)12-16/h5-7,12,15H,4,8-11,13H2,1-3H3,(H,18,21). The normalized spacial score (nSPS) is 17.6. The van der Waals surface area contributed by atoms with Gasteiger partial charge in [0.05, 0.1) is 0 Å². The maximum Gasteiger partial charge on any atom is 0.317 e. The van der Waals surface area contributed by atoms with Gasteiger partial charge in [0, 0.05) is 38.8 Å². The number of urea groups is 1. The van der Waals surface area contributed by atoms with E-state index >= 15 is 0 Å². The summed E-state index contributed by atoms with van der Waals surface area (Å²) in [7, 11) is 0. The molecular weight excluding hydrogens is 262 g/mol. The van der Waals surface area contributed by atoms with Crippen LogP contribution in [-0.2, 0) is 6.54 Å². The third-order valence-electron chi connectivity index (χ3n) is 4.13. The van der Waals surface area contributed by atoms with Crippen LogP contribution >= 0.6 is 0 Å². The van der Waals surface area contributed by atoms with Crippen LogP contribution < -0.4 is 5.32 Å². The molecule has 0 aliphatic carbocycles. The van der Waals surface area contributed by atoms with Crippen molar-refractivity contribution >= 4 is 6.03 Å². The van der Waals surface area contributed by atoms with Gasteiger partial charge in [-0.2, -0.15) is 0 Å². The lowest BCUT2D eigenvalue weighted by Gasteiger charge is -2.35. The van der Waals surface area contributed by atoms with E-state index in [9.17, 15) is 4.79 Å². The van der Waals surface area contributed by atoms with E-state index in [4.69, 9.17) is 0 Å². The summed E-state index contributed by atoms with van der Waals surface area (Å²) < 4.78 is 0. The molecule has 1 aliphatic rings. The first-order valence-corrected chi connectivity index (χ1v) is 7.92. The highest BCUT2D eigenvalue weighted by molar-refractivity contribution is 5.74. The van der Waals surface area contributed by atoms with E-state index in [2.05, 4.69) is 48.3 Å². The molecule has 1 unspecified atom stereocenters. The summed E-state index contributed by atoms with van der Waals surface area (Å²) in [5.74, 6) is 0. The van der Waals surface area contributed by atoms with E-state index in [0.29, 0.717) is 0 Å². The number of carbonyl (C=O) groups excluding carboxylic acids is 1. The van der Waals surface area contributed by atoms with Crippen molar-refractivity contribution in [1.29, 1.82) is 0 Å². The molecule has 21 heavy (non-hydrogen) atoms. The van der Waals surface area contributed by atoms with Gasteiger partial charge in [-0.05, 0) is 25.8 Å². The number of aryl methyl sites for hydroxylation is 1. The van der Waals surface area contributed by atoms with Gasteiger partial charge >= 0.3 is 6.03 Å². The summed E-state index contributed by atoms with van der Waals surface area (Å²) >= 11 is 0. The molecule has 2 rings (SSSR count). The smallest absolute Gasteiger partial charge is 0.317 e. The van der Waals surface area contributed by atoms with Crippen LogP contribution in [0.2, 0.25) is 0 Å². The van der Waals surface area contributed by atoms with Gasteiger partial charge < -0.3 is 10.2 Å². The van der Waals surface area contributed by atoms with Crippen molar-refractivity contribution < 1.29 is 4.79 Å². The third-order valence-corrected chi connectivity index (χ3v) is 4.13. The Kier molecular flexibility index (Phi) is 5.62. The molecule has 0 spiro atoms. The Morgan fingerprint density at radius 1 is 1.29 bits per heavy atom. The van der Waals surface area contributed by atoms with Crippen molar-refractivity contribution in [2.24, 2.45) is 0 Å². The fraction of sp³-hybridized carbons (Fsp3) is 0.588.